The number of carbonyl (C=O) groups excluding carboxylic acids is 1. The minimum atomic E-state index is -4.26. The summed E-state index contributed by atoms with van der Waals surface area (Å²) in [4.78, 5) is 18.1. The number of hydrogen-bond donors (Lipinski definition) is 3. The standard InChI is InChI=1S/C33H43F2N7O3S/c1-33(2)21-42(46(44,45)27-17-23(34)16-24(35)18-27)20-29-30(33)38-39-31(29)37-32(43)28-10-9-26(41-13-11-40(3)12-14-41)15-22(28)19-36-25-7-5-4-6-8-25/h9-10,15-18,25,36H,4-8,11-14,19-21H2,1-3H3,(H2,37,38,39,43). The molecular formula is C33H43F2N7O3S. The highest BCUT2D eigenvalue weighted by molar-refractivity contribution is 7.89. The second kappa shape index (κ2) is 13.0. The quantitative estimate of drug-likeness (QED) is 0.325. The van der Waals surface area contributed by atoms with E-state index in [-0.39, 0.29) is 24.8 Å². The molecule has 46 heavy (non-hydrogen) atoms. The number of hydrogen-bond acceptors (Lipinski definition) is 7. The predicted octanol–water partition coefficient (Wildman–Crippen LogP) is 4.60. The van der Waals surface area contributed by atoms with Gasteiger partial charge in [0.2, 0.25) is 10.0 Å². The van der Waals surface area contributed by atoms with E-state index >= 15 is 0 Å². The van der Waals surface area contributed by atoms with Gasteiger partial charge in [-0.3, -0.25) is 9.89 Å². The van der Waals surface area contributed by atoms with Gasteiger partial charge in [0.1, 0.15) is 11.6 Å². The van der Waals surface area contributed by atoms with Gasteiger partial charge < -0.3 is 20.4 Å². The number of aromatic amines is 1. The first-order valence-corrected chi connectivity index (χ1v) is 17.5. The molecule has 2 aliphatic heterocycles. The second-order valence-electron chi connectivity index (χ2n) is 13.5. The molecular weight excluding hydrogens is 612 g/mol. The summed E-state index contributed by atoms with van der Waals surface area (Å²) < 4.78 is 56.3. The molecule has 1 saturated heterocycles. The molecule has 248 valence electrons. The van der Waals surface area contributed by atoms with Crippen molar-refractivity contribution in [2.24, 2.45) is 0 Å². The Morgan fingerprint density at radius 2 is 1.72 bits per heavy atom. The van der Waals surface area contributed by atoms with Crippen molar-refractivity contribution in [2.75, 3.05) is 50.0 Å². The van der Waals surface area contributed by atoms with Crippen molar-refractivity contribution >= 4 is 27.4 Å². The first-order chi connectivity index (χ1) is 21.9. The molecule has 13 heteroatoms. The third-order valence-corrected chi connectivity index (χ3v) is 11.3. The summed E-state index contributed by atoms with van der Waals surface area (Å²) in [6.07, 6.45) is 5.90. The molecule has 6 rings (SSSR count). The van der Waals surface area contributed by atoms with Gasteiger partial charge >= 0.3 is 0 Å². The molecule has 1 amide bonds. The predicted molar refractivity (Wildman–Crippen MR) is 173 cm³/mol. The summed E-state index contributed by atoms with van der Waals surface area (Å²) in [6, 6.07) is 8.63. The van der Waals surface area contributed by atoms with E-state index in [2.05, 4.69) is 43.7 Å². The summed E-state index contributed by atoms with van der Waals surface area (Å²) in [5.74, 6) is -2.06. The topological polar surface area (TPSA) is 114 Å². The van der Waals surface area contributed by atoms with E-state index in [0.29, 0.717) is 35.5 Å². The Hall–Kier alpha value is -3.39. The van der Waals surface area contributed by atoms with Crippen LogP contribution in [0.3, 0.4) is 0 Å². The zero-order valence-corrected chi connectivity index (χ0v) is 27.5. The van der Waals surface area contributed by atoms with Crippen molar-refractivity contribution in [3.63, 3.8) is 0 Å². The van der Waals surface area contributed by atoms with Crippen LogP contribution in [0.5, 0.6) is 0 Å². The number of piperazine rings is 1. The normalized spacial score (nSPS) is 19.6. The van der Waals surface area contributed by atoms with Crippen molar-refractivity contribution in [3.05, 3.63) is 70.4 Å². The van der Waals surface area contributed by atoms with Crippen LogP contribution in [-0.2, 0) is 28.5 Å². The Kier molecular flexibility index (Phi) is 9.21. The Labute approximate surface area is 269 Å². The van der Waals surface area contributed by atoms with Gasteiger partial charge in [0.15, 0.2) is 5.82 Å². The Bertz CT molecular complexity index is 1680. The number of fused-ring (bicyclic) bond motifs is 1. The molecule has 3 N–H and O–H groups in total. The molecule has 0 radical (unpaired) electrons. The lowest BCUT2D eigenvalue weighted by molar-refractivity contribution is 0.102. The number of sulfonamides is 1. The lowest BCUT2D eigenvalue weighted by Gasteiger charge is -2.36. The minimum Gasteiger partial charge on any atom is -0.369 e. The number of carbonyl (C=O) groups is 1. The number of aromatic nitrogens is 2. The van der Waals surface area contributed by atoms with Gasteiger partial charge in [0.05, 0.1) is 4.90 Å². The van der Waals surface area contributed by atoms with Crippen LogP contribution in [0, 0.1) is 11.6 Å². The Morgan fingerprint density at radius 3 is 2.41 bits per heavy atom. The Morgan fingerprint density at radius 1 is 1.02 bits per heavy atom. The zero-order valence-electron chi connectivity index (χ0n) is 26.7. The molecule has 0 bridgehead atoms. The van der Waals surface area contributed by atoms with E-state index in [1.54, 1.807) is 0 Å². The summed E-state index contributed by atoms with van der Waals surface area (Å²) >= 11 is 0. The second-order valence-corrected chi connectivity index (χ2v) is 15.4. The van der Waals surface area contributed by atoms with Gasteiger partial charge in [-0.2, -0.15) is 9.40 Å². The van der Waals surface area contributed by atoms with Crippen molar-refractivity contribution in [3.8, 4) is 0 Å². The highest BCUT2D eigenvalue weighted by Crippen LogP contribution is 2.38. The molecule has 2 aromatic carbocycles. The third-order valence-electron chi connectivity index (χ3n) is 9.54. The van der Waals surface area contributed by atoms with E-state index in [1.165, 1.54) is 23.6 Å². The van der Waals surface area contributed by atoms with Crippen molar-refractivity contribution in [2.45, 2.75) is 75.4 Å². The maximum absolute atomic E-state index is 14.0. The van der Waals surface area contributed by atoms with E-state index < -0.39 is 32.0 Å². The van der Waals surface area contributed by atoms with Crippen molar-refractivity contribution in [1.82, 2.24) is 24.7 Å². The fraction of sp³-hybridized carbons (Fsp3) is 0.515. The molecule has 1 saturated carbocycles. The average Bonchev–Trinajstić information content (AvgIpc) is 3.43. The molecule has 10 nitrogen and oxygen atoms in total. The number of nitrogens with zero attached hydrogens (tertiary/aromatic N) is 4. The number of rotatable bonds is 8. The van der Waals surface area contributed by atoms with Gasteiger partial charge in [0.25, 0.3) is 5.91 Å². The fourth-order valence-electron chi connectivity index (χ4n) is 6.88. The number of H-pyrrole nitrogens is 1. The van der Waals surface area contributed by atoms with Crippen LogP contribution in [0.25, 0.3) is 0 Å². The van der Waals surface area contributed by atoms with Gasteiger partial charge in [-0.15, -0.1) is 0 Å². The lowest BCUT2D eigenvalue weighted by atomic mass is 9.84. The number of nitrogens with one attached hydrogen (secondary N) is 3. The first-order valence-electron chi connectivity index (χ1n) is 16.1. The van der Waals surface area contributed by atoms with E-state index in [1.807, 2.05) is 26.0 Å². The molecule has 3 aromatic rings. The summed E-state index contributed by atoms with van der Waals surface area (Å²) in [5, 5.41) is 14.0. The van der Waals surface area contributed by atoms with Crippen LogP contribution in [0.4, 0.5) is 20.3 Å². The monoisotopic (exact) mass is 655 g/mol. The van der Waals surface area contributed by atoms with Crippen LogP contribution in [0.2, 0.25) is 0 Å². The van der Waals surface area contributed by atoms with Crippen LogP contribution < -0.4 is 15.5 Å². The van der Waals surface area contributed by atoms with Crippen LogP contribution in [0.15, 0.2) is 41.3 Å². The van der Waals surface area contributed by atoms with Crippen molar-refractivity contribution in [1.29, 1.82) is 0 Å². The van der Waals surface area contributed by atoms with Crippen LogP contribution >= 0.6 is 0 Å². The maximum Gasteiger partial charge on any atom is 0.257 e. The largest absolute Gasteiger partial charge is 0.369 e. The molecule has 0 unspecified atom stereocenters. The van der Waals surface area contributed by atoms with Crippen LogP contribution in [0.1, 0.15) is 73.1 Å². The summed E-state index contributed by atoms with van der Waals surface area (Å²) in [7, 11) is -2.14. The number of likely N-dealkylation sites (N-methyl/N-ethyl adjacent to an activating group) is 1. The third kappa shape index (κ3) is 6.83. The number of anilines is 2. The zero-order chi connectivity index (χ0) is 32.6. The average molecular weight is 656 g/mol. The number of halogens is 2. The molecule has 2 fully saturated rings. The number of amides is 1. The van der Waals surface area contributed by atoms with Gasteiger partial charge in [-0.1, -0.05) is 33.1 Å². The SMILES string of the molecule is CN1CCN(c2ccc(C(=O)Nc3n[nH]c4c3CN(S(=O)(=O)c3cc(F)cc(F)c3)CC4(C)C)c(CNC3CCCCC3)c2)CC1. The highest BCUT2D eigenvalue weighted by atomic mass is 32.2. The lowest BCUT2D eigenvalue weighted by Crippen LogP contribution is -2.45. The molecule has 0 spiro atoms. The molecule has 3 aliphatic rings. The maximum atomic E-state index is 14.0. The summed E-state index contributed by atoms with van der Waals surface area (Å²) in [5.41, 5.74) is 2.99. The van der Waals surface area contributed by atoms with Crippen molar-refractivity contribution < 1.29 is 22.0 Å². The van der Waals surface area contributed by atoms with Gasteiger partial charge in [-0.05, 0) is 55.8 Å². The molecule has 0 atom stereocenters. The first kappa shape index (κ1) is 32.5. The molecule has 1 aliphatic carbocycles. The van der Waals surface area contributed by atoms with Gasteiger partial charge in [-0.25, -0.2) is 17.2 Å². The highest BCUT2D eigenvalue weighted by Gasteiger charge is 2.41. The number of benzene rings is 2. The fourth-order valence-corrected chi connectivity index (χ4v) is 8.49. The Balaban J connectivity index is 1.27. The van der Waals surface area contributed by atoms with Gasteiger partial charge in [0, 0.05) is 85.8 Å². The van der Waals surface area contributed by atoms with E-state index in [4.69, 9.17) is 0 Å². The summed E-state index contributed by atoms with van der Waals surface area (Å²) in [6.45, 7) is 7.97. The van der Waals surface area contributed by atoms with Crippen LogP contribution in [-0.4, -0.2) is 79.5 Å². The molecule has 1 aromatic heterocycles. The van der Waals surface area contributed by atoms with E-state index in [9.17, 15) is 22.0 Å². The minimum absolute atomic E-state index is 0.0563. The smallest absolute Gasteiger partial charge is 0.257 e. The van der Waals surface area contributed by atoms with E-state index in [0.717, 1.165) is 62.4 Å². The molecule has 3 heterocycles.